The molecule has 0 saturated carbocycles. The lowest BCUT2D eigenvalue weighted by molar-refractivity contribution is -0.112. The Kier molecular flexibility index (Phi) is 6.05. The highest BCUT2D eigenvalue weighted by Gasteiger charge is 2.22. The van der Waals surface area contributed by atoms with Crippen LogP contribution in [0.5, 0.6) is 5.75 Å². The van der Waals surface area contributed by atoms with E-state index in [1.54, 1.807) is 36.5 Å². The van der Waals surface area contributed by atoms with Gasteiger partial charge < -0.3 is 26.0 Å². The van der Waals surface area contributed by atoms with Gasteiger partial charge in [0.1, 0.15) is 11.5 Å². The van der Waals surface area contributed by atoms with Gasteiger partial charge in [-0.15, -0.1) is 0 Å². The molecule has 2 aromatic carbocycles. The van der Waals surface area contributed by atoms with Gasteiger partial charge in [0.05, 0.1) is 41.4 Å². The lowest BCUT2D eigenvalue weighted by atomic mass is 10.0. The number of aromatic nitrogens is 3. The van der Waals surface area contributed by atoms with E-state index in [9.17, 15) is 9.59 Å². The summed E-state index contributed by atoms with van der Waals surface area (Å²) in [5.74, 6) is -1.45. The van der Waals surface area contributed by atoms with Crippen molar-refractivity contribution in [2.24, 2.45) is 5.73 Å². The second kappa shape index (κ2) is 9.50. The van der Waals surface area contributed by atoms with E-state index in [-0.39, 0.29) is 45.3 Å². The number of rotatable bonds is 7. The summed E-state index contributed by atoms with van der Waals surface area (Å²) in [6, 6.07) is 13.8. The number of primary amides is 1. The largest absolute Gasteiger partial charge is 0.494 e. The number of amides is 1. The number of anilines is 3. The monoisotopic (exact) mass is 513 g/mol. The van der Waals surface area contributed by atoms with Crippen LogP contribution in [0.3, 0.4) is 0 Å². The minimum absolute atomic E-state index is 0.0741. The summed E-state index contributed by atoms with van der Waals surface area (Å²) < 4.78 is 28.0. The van der Waals surface area contributed by atoms with Gasteiger partial charge in [-0.3, -0.25) is 24.5 Å². The van der Waals surface area contributed by atoms with Gasteiger partial charge in [-0.25, -0.2) is 4.39 Å². The van der Waals surface area contributed by atoms with Crippen molar-refractivity contribution in [1.29, 1.82) is 5.41 Å². The summed E-state index contributed by atoms with van der Waals surface area (Å²) in [6.07, 6.45) is 3.03. The third-order valence-electron chi connectivity index (χ3n) is 5.86. The van der Waals surface area contributed by atoms with Crippen LogP contribution in [0.1, 0.15) is 5.56 Å². The first-order chi connectivity index (χ1) is 18.3. The molecular weight excluding hydrogens is 493 g/mol. The van der Waals surface area contributed by atoms with Gasteiger partial charge in [0.2, 0.25) is 0 Å². The molecule has 0 fully saturated rings. The van der Waals surface area contributed by atoms with Crippen LogP contribution in [0.4, 0.5) is 21.6 Å². The van der Waals surface area contributed by atoms with Crippen molar-refractivity contribution < 1.29 is 18.4 Å². The lowest BCUT2D eigenvalue weighted by Gasteiger charge is -2.17. The van der Waals surface area contributed by atoms with Crippen molar-refractivity contribution in [2.75, 3.05) is 18.2 Å². The highest BCUT2D eigenvalue weighted by atomic mass is 19.1. The smallest absolute Gasteiger partial charge is 0.267 e. The van der Waals surface area contributed by atoms with Crippen LogP contribution in [0, 0.1) is 11.2 Å². The molecule has 38 heavy (non-hydrogen) atoms. The Morgan fingerprint density at radius 1 is 1.18 bits per heavy atom. The Morgan fingerprint density at radius 2 is 2.00 bits per heavy atom. The maximum absolute atomic E-state index is 16.1. The molecule has 5 rings (SSSR count). The van der Waals surface area contributed by atoms with E-state index in [2.05, 4.69) is 15.5 Å². The van der Waals surface area contributed by atoms with Crippen molar-refractivity contribution in [3.8, 4) is 22.7 Å². The lowest BCUT2D eigenvalue weighted by Crippen LogP contribution is -2.24. The molecule has 0 saturated heterocycles. The number of halogens is 1. The SMILES string of the molecule is COc1cc2onc(N)c2cc1Nc1c(C(=N)C(N)=O)ccc(-c2ccc(-n3ccccc3=O)cn2)c1F. The van der Waals surface area contributed by atoms with E-state index in [1.807, 2.05) is 0 Å². The minimum atomic E-state index is -1.04. The number of carbonyl (C=O) groups excluding carboxylic acids is 1. The van der Waals surface area contributed by atoms with Crippen LogP contribution < -0.4 is 27.1 Å². The number of hydrogen-bond acceptors (Lipinski definition) is 9. The normalized spacial score (nSPS) is 10.9. The molecule has 3 heterocycles. The minimum Gasteiger partial charge on any atom is -0.494 e. The van der Waals surface area contributed by atoms with Crippen molar-refractivity contribution in [3.05, 3.63) is 88.7 Å². The Hall–Kier alpha value is -5.52. The number of nitrogens with one attached hydrogen (secondary N) is 2. The zero-order valence-electron chi connectivity index (χ0n) is 19.9. The van der Waals surface area contributed by atoms with Gasteiger partial charge in [-0.2, -0.15) is 0 Å². The van der Waals surface area contributed by atoms with Crippen molar-refractivity contribution >= 4 is 39.8 Å². The molecule has 12 heteroatoms. The summed E-state index contributed by atoms with van der Waals surface area (Å²) in [5.41, 5.74) is 11.5. The molecule has 0 aliphatic heterocycles. The number of carbonyl (C=O) groups is 1. The first kappa shape index (κ1) is 24.2. The first-order valence-corrected chi connectivity index (χ1v) is 11.1. The molecular formula is C26H20FN7O4. The quantitative estimate of drug-likeness (QED) is 0.240. The van der Waals surface area contributed by atoms with E-state index in [0.717, 1.165) is 0 Å². The summed E-state index contributed by atoms with van der Waals surface area (Å²) in [4.78, 5) is 28.3. The molecule has 190 valence electrons. The van der Waals surface area contributed by atoms with Gasteiger partial charge in [-0.1, -0.05) is 11.2 Å². The highest BCUT2D eigenvalue weighted by molar-refractivity contribution is 6.44. The molecule has 5 aromatic rings. The molecule has 1 amide bonds. The van der Waals surface area contributed by atoms with Crippen molar-refractivity contribution in [3.63, 3.8) is 0 Å². The van der Waals surface area contributed by atoms with E-state index < -0.39 is 17.4 Å². The maximum atomic E-state index is 16.1. The topological polar surface area (TPSA) is 175 Å². The molecule has 0 bridgehead atoms. The van der Waals surface area contributed by atoms with Crippen LogP contribution in [0.2, 0.25) is 0 Å². The average molecular weight is 513 g/mol. The number of hydrogen-bond donors (Lipinski definition) is 4. The van der Waals surface area contributed by atoms with Crippen molar-refractivity contribution in [1.82, 2.24) is 14.7 Å². The van der Waals surface area contributed by atoms with Crippen LogP contribution in [-0.2, 0) is 4.79 Å². The van der Waals surface area contributed by atoms with E-state index in [4.69, 9.17) is 26.1 Å². The van der Waals surface area contributed by atoms with Gasteiger partial charge in [0.25, 0.3) is 11.5 Å². The number of nitrogens with two attached hydrogens (primary N) is 2. The predicted octanol–water partition coefficient (Wildman–Crippen LogP) is 3.37. The van der Waals surface area contributed by atoms with Crippen LogP contribution in [-0.4, -0.2) is 33.4 Å². The third-order valence-corrected chi connectivity index (χ3v) is 5.86. The van der Waals surface area contributed by atoms with E-state index in [0.29, 0.717) is 16.7 Å². The standard InChI is InChI=1S/C26H20FN7O4/c1-37-20-11-19-16(25(29)33-38-19)10-18(20)32-24-15(23(28)26(30)36)7-6-14(22(24)27)17-8-5-13(12-31-17)34-9-3-2-4-21(34)35/h2-12,28,32H,1H3,(H2,29,33)(H2,30,36). The first-order valence-electron chi connectivity index (χ1n) is 11.1. The number of methoxy groups -OCH3 is 1. The Morgan fingerprint density at radius 3 is 2.68 bits per heavy atom. The Labute approximate surface area is 214 Å². The number of benzene rings is 2. The molecule has 0 spiro atoms. The van der Waals surface area contributed by atoms with Crippen molar-refractivity contribution in [2.45, 2.75) is 0 Å². The molecule has 0 radical (unpaired) electrons. The zero-order valence-corrected chi connectivity index (χ0v) is 19.9. The van der Waals surface area contributed by atoms with Gasteiger partial charge in [-0.05, 0) is 36.4 Å². The highest BCUT2D eigenvalue weighted by Crippen LogP contribution is 2.38. The van der Waals surface area contributed by atoms with Crippen LogP contribution in [0.25, 0.3) is 27.9 Å². The predicted molar refractivity (Wildman–Crippen MR) is 140 cm³/mol. The van der Waals surface area contributed by atoms with Gasteiger partial charge in [0, 0.05) is 29.5 Å². The fourth-order valence-corrected chi connectivity index (χ4v) is 3.95. The summed E-state index contributed by atoms with van der Waals surface area (Å²) in [7, 11) is 1.41. The van der Waals surface area contributed by atoms with E-state index >= 15 is 4.39 Å². The third kappa shape index (κ3) is 4.19. The number of pyridine rings is 2. The molecule has 0 unspecified atom stereocenters. The number of fused-ring (bicyclic) bond motifs is 1. The summed E-state index contributed by atoms with van der Waals surface area (Å²) in [6.45, 7) is 0. The van der Waals surface area contributed by atoms with E-state index in [1.165, 1.54) is 42.1 Å². The van der Waals surface area contributed by atoms with Gasteiger partial charge in [0.15, 0.2) is 17.2 Å². The Bertz CT molecular complexity index is 1780. The second-order valence-corrected chi connectivity index (χ2v) is 8.14. The molecule has 3 aromatic heterocycles. The fourth-order valence-electron chi connectivity index (χ4n) is 3.95. The molecule has 6 N–H and O–H groups in total. The Balaban J connectivity index is 1.63. The van der Waals surface area contributed by atoms with Crippen LogP contribution in [0.15, 0.2) is 76.3 Å². The molecule has 0 aliphatic carbocycles. The van der Waals surface area contributed by atoms with Crippen LogP contribution >= 0.6 is 0 Å². The van der Waals surface area contributed by atoms with Gasteiger partial charge >= 0.3 is 0 Å². The number of nitrogens with zero attached hydrogens (tertiary/aromatic N) is 3. The maximum Gasteiger partial charge on any atom is 0.267 e. The summed E-state index contributed by atoms with van der Waals surface area (Å²) >= 11 is 0. The molecule has 11 nitrogen and oxygen atoms in total. The zero-order chi connectivity index (χ0) is 27.0. The number of ether oxygens (including phenoxy) is 1. The second-order valence-electron chi connectivity index (χ2n) is 8.14. The summed E-state index contributed by atoms with van der Waals surface area (Å²) in [5, 5.41) is 15.2. The molecule has 0 atom stereocenters. The fraction of sp³-hybridized carbons (Fsp3) is 0.0385. The number of nitrogen functional groups attached to an aromatic ring is 1. The average Bonchev–Trinajstić information content (AvgIpc) is 3.28. The molecule has 0 aliphatic rings.